The molecule has 0 aromatic rings. The van der Waals surface area contributed by atoms with Gasteiger partial charge in [-0.25, -0.2) is 0 Å². The van der Waals surface area contributed by atoms with E-state index in [0.717, 1.165) is 19.1 Å². The summed E-state index contributed by atoms with van der Waals surface area (Å²) in [6.45, 7) is 4.22. The Morgan fingerprint density at radius 2 is 2.08 bits per heavy atom. The minimum absolute atomic E-state index is 0.674. The van der Waals surface area contributed by atoms with Crippen molar-refractivity contribution in [1.82, 2.24) is 5.32 Å². The molecule has 0 spiro atoms. The van der Waals surface area contributed by atoms with Gasteiger partial charge >= 0.3 is 0 Å². The number of rotatable bonds is 4. The Bertz CT molecular complexity index is 110. The molecule has 2 heteroatoms. The molecule has 0 saturated carbocycles. The van der Waals surface area contributed by atoms with Gasteiger partial charge in [-0.3, -0.25) is 0 Å². The molecule has 72 valence electrons. The van der Waals surface area contributed by atoms with Crippen LogP contribution in [0.5, 0.6) is 0 Å². The third-order valence-corrected chi connectivity index (χ3v) is 2.84. The van der Waals surface area contributed by atoms with E-state index >= 15 is 0 Å². The van der Waals surface area contributed by atoms with Crippen molar-refractivity contribution in [1.29, 1.82) is 0 Å². The van der Waals surface area contributed by atoms with Crippen LogP contribution in [0.25, 0.3) is 0 Å². The van der Waals surface area contributed by atoms with Crippen molar-refractivity contribution in [3.8, 4) is 0 Å². The summed E-state index contributed by atoms with van der Waals surface area (Å²) in [5.41, 5.74) is 0. The second kappa shape index (κ2) is 5.55. The summed E-state index contributed by atoms with van der Waals surface area (Å²) in [7, 11) is 2.04. The standard InChI is InChI=1S/C10H21NO/c1-9(11-2)3-4-10-5-7-12-8-6-10/h9-11H,3-8H2,1-2H3. The number of hydrogen-bond donors (Lipinski definition) is 1. The smallest absolute Gasteiger partial charge is 0.0468 e. The van der Waals surface area contributed by atoms with E-state index in [2.05, 4.69) is 12.2 Å². The molecule has 0 aromatic carbocycles. The van der Waals surface area contributed by atoms with Crippen molar-refractivity contribution < 1.29 is 4.74 Å². The first-order valence-corrected chi connectivity index (χ1v) is 5.08. The zero-order valence-electron chi connectivity index (χ0n) is 8.31. The monoisotopic (exact) mass is 171 g/mol. The second-order valence-electron chi connectivity index (χ2n) is 3.82. The average Bonchev–Trinajstić information content (AvgIpc) is 2.16. The topological polar surface area (TPSA) is 21.3 Å². The molecule has 1 aliphatic rings. The van der Waals surface area contributed by atoms with E-state index in [-0.39, 0.29) is 0 Å². The Morgan fingerprint density at radius 3 is 2.67 bits per heavy atom. The molecular formula is C10H21NO. The lowest BCUT2D eigenvalue weighted by Crippen LogP contribution is -2.23. The third-order valence-electron chi connectivity index (χ3n) is 2.84. The fraction of sp³-hybridized carbons (Fsp3) is 1.00. The van der Waals surface area contributed by atoms with Gasteiger partial charge in [0.1, 0.15) is 0 Å². The minimum Gasteiger partial charge on any atom is -0.381 e. The fourth-order valence-electron chi connectivity index (χ4n) is 1.67. The Balaban J connectivity index is 2.05. The lowest BCUT2D eigenvalue weighted by Gasteiger charge is -2.23. The summed E-state index contributed by atoms with van der Waals surface area (Å²) in [6.07, 6.45) is 5.22. The molecule has 1 atom stereocenters. The van der Waals surface area contributed by atoms with Crippen molar-refractivity contribution in [2.75, 3.05) is 20.3 Å². The fourth-order valence-corrected chi connectivity index (χ4v) is 1.67. The van der Waals surface area contributed by atoms with Crippen LogP contribution in [0.4, 0.5) is 0 Å². The van der Waals surface area contributed by atoms with Crippen molar-refractivity contribution in [3.05, 3.63) is 0 Å². The van der Waals surface area contributed by atoms with Gasteiger partial charge in [-0.05, 0) is 45.6 Å². The van der Waals surface area contributed by atoms with Gasteiger partial charge in [0.2, 0.25) is 0 Å². The molecular weight excluding hydrogens is 150 g/mol. The molecule has 12 heavy (non-hydrogen) atoms. The van der Waals surface area contributed by atoms with Crippen LogP contribution < -0.4 is 5.32 Å². The highest BCUT2D eigenvalue weighted by molar-refractivity contribution is 4.66. The Morgan fingerprint density at radius 1 is 1.42 bits per heavy atom. The highest BCUT2D eigenvalue weighted by Crippen LogP contribution is 2.20. The maximum Gasteiger partial charge on any atom is 0.0468 e. The lowest BCUT2D eigenvalue weighted by molar-refractivity contribution is 0.0626. The number of ether oxygens (including phenoxy) is 1. The van der Waals surface area contributed by atoms with Crippen LogP contribution >= 0.6 is 0 Å². The Kier molecular flexibility index (Phi) is 4.62. The quantitative estimate of drug-likeness (QED) is 0.696. The first-order valence-electron chi connectivity index (χ1n) is 5.08. The van der Waals surface area contributed by atoms with Gasteiger partial charge in [0.15, 0.2) is 0 Å². The predicted octanol–water partition coefficient (Wildman–Crippen LogP) is 1.80. The van der Waals surface area contributed by atoms with Gasteiger partial charge in [0.05, 0.1) is 0 Å². The van der Waals surface area contributed by atoms with Crippen LogP contribution in [0.3, 0.4) is 0 Å². The molecule has 1 aliphatic heterocycles. The maximum absolute atomic E-state index is 5.32. The summed E-state index contributed by atoms with van der Waals surface area (Å²) in [4.78, 5) is 0. The first-order chi connectivity index (χ1) is 5.83. The SMILES string of the molecule is CNC(C)CCC1CCOCC1. The van der Waals surface area contributed by atoms with Crippen molar-refractivity contribution >= 4 is 0 Å². The van der Waals surface area contributed by atoms with Gasteiger partial charge in [0, 0.05) is 19.3 Å². The minimum atomic E-state index is 0.674. The third kappa shape index (κ3) is 3.55. The van der Waals surface area contributed by atoms with Crippen molar-refractivity contribution in [2.45, 2.75) is 38.6 Å². The lowest BCUT2D eigenvalue weighted by atomic mass is 9.93. The van der Waals surface area contributed by atoms with E-state index in [9.17, 15) is 0 Å². The second-order valence-corrected chi connectivity index (χ2v) is 3.82. The summed E-state index contributed by atoms with van der Waals surface area (Å²) in [5, 5.41) is 3.27. The molecule has 1 rings (SSSR count). The van der Waals surface area contributed by atoms with Gasteiger partial charge in [-0.1, -0.05) is 0 Å². The van der Waals surface area contributed by atoms with Gasteiger partial charge in [0.25, 0.3) is 0 Å². The molecule has 1 saturated heterocycles. The summed E-state index contributed by atoms with van der Waals surface area (Å²) < 4.78 is 5.32. The van der Waals surface area contributed by atoms with Crippen LogP contribution in [0, 0.1) is 5.92 Å². The van der Waals surface area contributed by atoms with Gasteiger partial charge in [-0.15, -0.1) is 0 Å². The van der Waals surface area contributed by atoms with Crippen LogP contribution in [0.15, 0.2) is 0 Å². The van der Waals surface area contributed by atoms with E-state index < -0.39 is 0 Å². The maximum atomic E-state index is 5.32. The number of hydrogen-bond acceptors (Lipinski definition) is 2. The van der Waals surface area contributed by atoms with E-state index in [1.165, 1.54) is 25.7 Å². The van der Waals surface area contributed by atoms with Crippen LogP contribution in [-0.4, -0.2) is 26.3 Å². The van der Waals surface area contributed by atoms with Gasteiger partial charge in [-0.2, -0.15) is 0 Å². The molecule has 1 N–H and O–H groups in total. The van der Waals surface area contributed by atoms with E-state index in [1.807, 2.05) is 7.05 Å². The predicted molar refractivity (Wildman–Crippen MR) is 51.3 cm³/mol. The largest absolute Gasteiger partial charge is 0.381 e. The van der Waals surface area contributed by atoms with Crippen LogP contribution in [0.1, 0.15) is 32.6 Å². The zero-order chi connectivity index (χ0) is 8.81. The van der Waals surface area contributed by atoms with Crippen molar-refractivity contribution in [3.63, 3.8) is 0 Å². The molecule has 0 radical (unpaired) electrons. The Hall–Kier alpha value is -0.0800. The normalized spacial score (nSPS) is 22.5. The van der Waals surface area contributed by atoms with Crippen LogP contribution in [-0.2, 0) is 4.74 Å². The highest BCUT2D eigenvalue weighted by atomic mass is 16.5. The Labute approximate surface area is 75.7 Å². The molecule has 1 heterocycles. The van der Waals surface area contributed by atoms with E-state index in [4.69, 9.17) is 4.74 Å². The molecule has 0 bridgehead atoms. The summed E-state index contributed by atoms with van der Waals surface area (Å²) in [5.74, 6) is 0.926. The van der Waals surface area contributed by atoms with E-state index in [0.29, 0.717) is 6.04 Å². The van der Waals surface area contributed by atoms with Crippen molar-refractivity contribution in [2.24, 2.45) is 5.92 Å². The molecule has 1 unspecified atom stereocenters. The van der Waals surface area contributed by atoms with Crippen LogP contribution in [0.2, 0.25) is 0 Å². The first kappa shape index (κ1) is 10.0. The molecule has 0 aliphatic carbocycles. The zero-order valence-corrected chi connectivity index (χ0v) is 8.31. The number of nitrogens with one attached hydrogen (secondary N) is 1. The molecule has 0 amide bonds. The summed E-state index contributed by atoms with van der Waals surface area (Å²) >= 11 is 0. The average molecular weight is 171 g/mol. The van der Waals surface area contributed by atoms with E-state index in [1.54, 1.807) is 0 Å². The molecule has 2 nitrogen and oxygen atoms in total. The highest BCUT2D eigenvalue weighted by Gasteiger charge is 2.13. The summed E-state index contributed by atoms with van der Waals surface area (Å²) in [6, 6.07) is 0.674. The molecule has 0 aromatic heterocycles. The molecule has 1 fully saturated rings. The van der Waals surface area contributed by atoms with Gasteiger partial charge < -0.3 is 10.1 Å².